The number of aryl methyl sites for hydroxylation is 2. The third-order valence-electron chi connectivity index (χ3n) is 3.63. The first kappa shape index (κ1) is 12.8. The van der Waals surface area contributed by atoms with Gasteiger partial charge in [0.2, 0.25) is 0 Å². The monoisotopic (exact) mass is 364 g/mol. The molecule has 0 unspecified atom stereocenters. The second kappa shape index (κ2) is 5.04. The van der Waals surface area contributed by atoms with E-state index in [1.54, 1.807) is 0 Å². The summed E-state index contributed by atoms with van der Waals surface area (Å²) in [6.07, 6.45) is 2.35. The molecular formula is C16H17IN2. The van der Waals surface area contributed by atoms with Crippen LogP contribution in [0.1, 0.15) is 17.5 Å². The summed E-state index contributed by atoms with van der Waals surface area (Å²) in [4.78, 5) is 2.35. The fourth-order valence-corrected chi connectivity index (χ4v) is 3.26. The molecule has 3 heteroatoms. The van der Waals surface area contributed by atoms with Gasteiger partial charge in [-0.2, -0.15) is 0 Å². The van der Waals surface area contributed by atoms with Crippen molar-refractivity contribution < 1.29 is 0 Å². The predicted molar refractivity (Wildman–Crippen MR) is 90.1 cm³/mol. The Hall–Kier alpha value is -1.23. The molecule has 0 radical (unpaired) electrons. The highest BCUT2D eigenvalue weighted by Crippen LogP contribution is 2.37. The van der Waals surface area contributed by atoms with E-state index in [4.69, 9.17) is 5.73 Å². The molecule has 0 aromatic heterocycles. The van der Waals surface area contributed by atoms with Crippen LogP contribution in [0.25, 0.3) is 0 Å². The largest absolute Gasteiger partial charge is 0.397 e. The van der Waals surface area contributed by atoms with Crippen LogP contribution in [-0.2, 0) is 6.42 Å². The number of benzene rings is 2. The second-order valence-electron chi connectivity index (χ2n) is 5.09. The normalized spacial score (nSPS) is 14.3. The van der Waals surface area contributed by atoms with E-state index >= 15 is 0 Å². The minimum absolute atomic E-state index is 0.861. The van der Waals surface area contributed by atoms with Crippen molar-refractivity contribution >= 4 is 39.7 Å². The highest BCUT2D eigenvalue weighted by Gasteiger charge is 2.19. The minimum Gasteiger partial charge on any atom is -0.397 e. The molecule has 1 heterocycles. The lowest BCUT2D eigenvalue weighted by Crippen LogP contribution is -2.25. The van der Waals surface area contributed by atoms with Crippen molar-refractivity contribution in [2.45, 2.75) is 19.8 Å². The molecule has 0 bridgehead atoms. The zero-order valence-electron chi connectivity index (χ0n) is 11.0. The molecule has 2 aromatic rings. The Morgan fingerprint density at radius 3 is 2.68 bits per heavy atom. The molecular weight excluding hydrogens is 347 g/mol. The maximum Gasteiger partial charge on any atom is 0.0645 e. The Balaban J connectivity index is 2.08. The van der Waals surface area contributed by atoms with Crippen LogP contribution in [0.3, 0.4) is 0 Å². The summed E-state index contributed by atoms with van der Waals surface area (Å²) in [5.41, 5.74) is 12.3. The van der Waals surface area contributed by atoms with Crippen LogP contribution in [0.5, 0.6) is 0 Å². The van der Waals surface area contributed by atoms with Crippen LogP contribution < -0.4 is 10.6 Å². The standard InChI is InChI=1S/C16H17IN2/c1-11-4-6-15-12(9-11)3-2-8-19(15)16-7-5-13(17)10-14(16)18/h4-7,9-10H,2-3,8,18H2,1H3. The molecule has 3 rings (SSSR count). The Bertz CT molecular complexity index is 622. The van der Waals surface area contributed by atoms with Crippen LogP contribution >= 0.6 is 22.6 Å². The number of halogens is 1. The zero-order chi connectivity index (χ0) is 13.4. The number of fused-ring (bicyclic) bond motifs is 1. The van der Waals surface area contributed by atoms with Gasteiger partial charge >= 0.3 is 0 Å². The molecule has 0 spiro atoms. The molecule has 0 fully saturated rings. The van der Waals surface area contributed by atoms with Gasteiger partial charge in [0.05, 0.1) is 11.4 Å². The molecule has 1 aliphatic heterocycles. The summed E-state index contributed by atoms with van der Waals surface area (Å²) < 4.78 is 1.18. The molecule has 0 saturated heterocycles. The first-order valence-corrected chi connectivity index (χ1v) is 7.65. The third kappa shape index (κ3) is 2.43. The summed E-state index contributed by atoms with van der Waals surface area (Å²) in [6.45, 7) is 3.19. The SMILES string of the molecule is Cc1ccc2c(c1)CCCN2c1ccc(I)cc1N. The van der Waals surface area contributed by atoms with E-state index in [9.17, 15) is 0 Å². The molecule has 0 amide bonds. The van der Waals surface area contributed by atoms with Gasteiger partial charge in [-0.1, -0.05) is 17.7 Å². The lowest BCUT2D eigenvalue weighted by atomic mass is 9.99. The number of nitrogens with zero attached hydrogens (tertiary/aromatic N) is 1. The van der Waals surface area contributed by atoms with E-state index < -0.39 is 0 Å². The summed E-state index contributed by atoms with van der Waals surface area (Å²) in [6, 6.07) is 13.0. The molecule has 98 valence electrons. The molecule has 1 aliphatic rings. The predicted octanol–water partition coefficient (Wildman–Crippen LogP) is 4.27. The van der Waals surface area contributed by atoms with Gasteiger partial charge in [0.25, 0.3) is 0 Å². The van der Waals surface area contributed by atoms with Crippen molar-refractivity contribution in [1.29, 1.82) is 0 Å². The number of anilines is 3. The lowest BCUT2D eigenvalue weighted by Gasteiger charge is -2.32. The van der Waals surface area contributed by atoms with Crippen LogP contribution in [0.4, 0.5) is 17.1 Å². The summed E-state index contributed by atoms with van der Waals surface area (Å²) >= 11 is 2.30. The van der Waals surface area contributed by atoms with E-state index in [0.717, 1.165) is 24.3 Å². The molecule has 0 saturated carbocycles. The Kier molecular flexibility index (Phi) is 3.39. The van der Waals surface area contributed by atoms with Crippen molar-refractivity contribution in [2.75, 3.05) is 17.2 Å². The van der Waals surface area contributed by atoms with Gasteiger partial charge in [0.15, 0.2) is 0 Å². The molecule has 2 aromatic carbocycles. The van der Waals surface area contributed by atoms with Crippen LogP contribution in [0, 0.1) is 10.5 Å². The Morgan fingerprint density at radius 1 is 1.11 bits per heavy atom. The smallest absolute Gasteiger partial charge is 0.0645 e. The zero-order valence-corrected chi connectivity index (χ0v) is 13.1. The van der Waals surface area contributed by atoms with Gasteiger partial charge in [-0.15, -0.1) is 0 Å². The first-order valence-electron chi connectivity index (χ1n) is 6.57. The number of nitrogen functional groups attached to an aromatic ring is 1. The van der Waals surface area contributed by atoms with Crippen LogP contribution in [0.15, 0.2) is 36.4 Å². The maximum absolute atomic E-state index is 6.19. The van der Waals surface area contributed by atoms with Gasteiger partial charge in [0, 0.05) is 15.8 Å². The van der Waals surface area contributed by atoms with Gasteiger partial charge in [-0.3, -0.25) is 0 Å². The fraction of sp³-hybridized carbons (Fsp3) is 0.250. The maximum atomic E-state index is 6.19. The molecule has 0 aliphatic carbocycles. The average Bonchev–Trinajstić information content (AvgIpc) is 2.38. The summed E-state index contributed by atoms with van der Waals surface area (Å²) in [5.74, 6) is 0. The van der Waals surface area contributed by atoms with Crippen LogP contribution in [0.2, 0.25) is 0 Å². The topological polar surface area (TPSA) is 29.3 Å². The minimum atomic E-state index is 0.861. The van der Waals surface area contributed by atoms with Crippen molar-refractivity contribution in [3.63, 3.8) is 0 Å². The Morgan fingerprint density at radius 2 is 1.89 bits per heavy atom. The second-order valence-corrected chi connectivity index (χ2v) is 6.34. The summed E-state index contributed by atoms with van der Waals surface area (Å²) in [7, 11) is 0. The van der Waals surface area contributed by atoms with E-state index in [1.807, 2.05) is 6.07 Å². The Labute approximate surface area is 127 Å². The lowest BCUT2D eigenvalue weighted by molar-refractivity contribution is 0.766. The van der Waals surface area contributed by atoms with E-state index in [0.29, 0.717) is 0 Å². The highest BCUT2D eigenvalue weighted by atomic mass is 127. The highest BCUT2D eigenvalue weighted by molar-refractivity contribution is 14.1. The number of nitrogens with two attached hydrogens (primary N) is 1. The third-order valence-corrected chi connectivity index (χ3v) is 4.30. The average molecular weight is 364 g/mol. The van der Waals surface area contributed by atoms with Gasteiger partial charge in [-0.05, 0) is 72.2 Å². The van der Waals surface area contributed by atoms with E-state index in [2.05, 4.69) is 64.7 Å². The van der Waals surface area contributed by atoms with Crippen LogP contribution in [-0.4, -0.2) is 6.54 Å². The fourth-order valence-electron chi connectivity index (χ4n) is 2.75. The number of hydrogen-bond donors (Lipinski definition) is 1. The van der Waals surface area contributed by atoms with Gasteiger partial charge in [0.1, 0.15) is 0 Å². The first-order chi connectivity index (χ1) is 9.15. The quantitative estimate of drug-likeness (QED) is 0.605. The van der Waals surface area contributed by atoms with Gasteiger partial charge in [-0.25, -0.2) is 0 Å². The summed E-state index contributed by atoms with van der Waals surface area (Å²) in [5, 5.41) is 0. The number of rotatable bonds is 1. The molecule has 2 N–H and O–H groups in total. The van der Waals surface area contributed by atoms with E-state index in [-0.39, 0.29) is 0 Å². The molecule has 0 atom stereocenters. The molecule has 19 heavy (non-hydrogen) atoms. The van der Waals surface area contributed by atoms with Crippen molar-refractivity contribution in [3.8, 4) is 0 Å². The van der Waals surface area contributed by atoms with Gasteiger partial charge < -0.3 is 10.6 Å². The molecule has 2 nitrogen and oxygen atoms in total. The van der Waals surface area contributed by atoms with Crippen molar-refractivity contribution in [2.24, 2.45) is 0 Å². The van der Waals surface area contributed by atoms with Crippen molar-refractivity contribution in [1.82, 2.24) is 0 Å². The van der Waals surface area contributed by atoms with Crippen molar-refractivity contribution in [3.05, 3.63) is 51.1 Å². The number of hydrogen-bond acceptors (Lipinski definition) is 2. The van der Waals surface area contributed by atoms with E-state index in [1.165, 1.54) is 26.8 Å².